The van der Waals surface area contributed by atoms with Gasteiger partial charge in [-0.25, -0.2) is 0 Å². The number of benzene rings is 2. The Morgan fingerprint density at radius 1 is 0.969 bits per heavy atom. The molecule has 6 heteroatoms. The molecular weight excluding hydrogens is 526 g/mol. The molecule has 1 aromatic heterocycles. The van der Waals surface area contributed by atoms with Gasteiger partial charge in [0.1, 0.15) is 0 Å². The van der Waals surface area contributed by atoms with Crippen molar-refractivity contribution in [2.45, 2.75) is 6.42 Å². The van der Waals surface area contributed by atoms with Gasteiger partial charge in [-0.15, -0.1) is 0 Å². The SMILES string of the molecule is N#C/C(=C\c1ccc(N2c3ccccc3[Se]c3ccccc32)[se]1)C1=NC2=CCC=CC2=N1. The number of nitriles is 1. The molecule has 1 aliphatic carbocycles. The summed E-state index contributed by atoms with van der Waals surface area (Å²) in [6, 6.07) is 24.0. The molecule has 0 spiro atoms. The molecule has 3 aliphatic rings. The number of rotatable bonds is 3. The number of aliphatic imine (C=N–C) groups is 2. The molecule has 0 fully saturated rings. The van der Waals surface area contributed by atoms with E-state index < -0.39 is 0 Å². The molecule has 32 heavy (non-hydrogen) atoms. The fraction of sp³-hybridized carbons (Fsp3) is 0.0385. The summed E-state index contributed by atoms with van der Waals surface area (Å²) < 4.78 is 5.22. The van der Waals surface area contributed by atoms with Crippen LogP contribution in [-0.2, 0) is 0 Å². The van der Waals surface area contributed by atoms with E-state index in [2.05, 4.69) is 87.7 Å². The van der Waals surface area contributed by atoms with E-state index in [1.165, 1.54) is 24.9 Å². The molecular formula is C26H16N4Se2. The zero-order valence-electron chi connectivity index (χ0n) is 16.9. The molecule has 0 bridgehead atoms. The van der Waals surface area contributed by atoms with Crippen molar-refractivity contribution in [3.05, 3.63) is 94.6 Å². The molecule has 0 radical (unpaired) electrons. The van der Waals surface area contributed by atoms with Gasteiger partial charge in [0.25, 0.3) is 0 Å². The third kappa shape index (κ3) is 3.37. The number of hydrogen-bond donors (Lipinski definition) is 0. The molecule has 4 nitrogen and oxygen atoms in total. The monoisotopic (exact) mass is 544 g/mol. The summed E-state index contributed by atoms with van der Waals surface area (Å²) in [7, 11) is 0. The Balaban J connectivity index is 1.39. The van der Waals surface area contributed by atoms with Crippen molar-refractivity contribution in [3.8, 4) is 6.07 Å². The summed E-state index contributed by atoms with van der Waals surface area (Å²) in [5.74, 6) is 0.516. The van der Waals surface area contributed by atoms with Gasteiger partial charge in [-0.3, -0.25) is 0 Å². The van der Waals surface area contributed by atoms with Crippen LogP contribution in [0.3, 0.4) is 0 Å². The Morgan fingerprint density at radius 2 is 1.72 bits per heavy atom. The maximum atomic E-state index is 9.80. The van der Waals surface area contributed by atoms with Crippen molar-refractivity contribution in [1.82, 2.24) is 0 Å². The van der Waals surface area contributed by atoms with Gasteiger partial charge in [0.05, 0.1) is 0 Å². The van der Waals surface area contributed by atoms with Crippen LogP contribution in [0.15, 0.2) is 100 Å². The number of nitrogens with zero attached hydrogens (tertiary/aromatic N) is 4. The van der Waals surface area contributed by atoms with Gasteiger partial charge in [0.2, 0.25) is 0 Å². The van der Waals surface area contributed by atoms with Crippen molar-refractivity contribution < 1.29 is 0 Å². The summed E-state index contributed by atoms with van der Waals surface area (Å²) in [5, 5.41) is 9.80. The summed E-state index contributed by atoms with van der Waals surface area (Å²) in [4.78, 5) is 11.5. The first-order chi connectivity index (χ1) is 15.8. The Hall–Kier alpha value is -3.19. The number of hydrogen-bond acceptors (Lipinski definition) is 4. The van der Waals surface area contributed by atoms with Gasteiger partial charge in [-0.2, -0.15) is 0 Å². The van der Waals surface area contributed by atoms with Gasteiger partial charge in [-0.1, -0.05) is 0 Å². The average molecular weight is 542 g/mol. The van der Waals surface area contributed by atoms with Crippen LogP contribution < -0.4 is 13.8 Å². The Kier molecular flexibility index (Phi) is 4.91. The van der Waals surface area contributed by atoms with E-state index in [-0.39, 0.29) is 14.5 Å². The molecule has 0 unspecified atom stereocenters. The number of amidine groups is 1. The van der Waals surface area contributed by atoms with Gasteiger partial charge in [0, 0.05) is 0 Å². The third-order valence-electron chi connectivity index (χ3n) is 5.35. The van der Waals surface area contributed by atoms with Crippen LogP contribution in [-0.4, -0.2) is 41.0 Å². The number of fused-ring (bicyclic) bond motifs is 3. The predicted molar refractivity (Wildman–Crippen MR) is 133 cm³/mol. The van der Waals surface area contributed by atoms with Crippen molar-refractivity contribution in [3.63, 3.8) is 0 Å². The molecule has 3 heterocycles. The van der Waals surface area contributed by atoms with Crippen molar-refractivity contribution in [2.24, 2.45) is 9.98 Å². The molecule has 0 saturated heterocycles. The molecule has 152 valence electrons. The standard InChI is InChI=1S/C26H16N4Se2/c27-16-17(26-28-19-7-1-2-8-20(19)29-26)15-18-13-14-25(31-18)30-21-9-3-5-11-23(21)32-24-12-6-4-10-22(24)30/h1,3-15H,2H2/b17-15+. The molecule has 2 aliphatic heterocycles. The zero-order chi connectivity index (χ0) is 21.5. The van der Waals surface area contributed by atoms with Crippen molar-refractivity contribution >= 4 is 71.9 Å². The van der Waals surface area contributed by atoms with Crippen molar-refractivity contribution in [2.75, 3.05) is 4.90 Å². The summed E-state index contributed by atoms with van der Waals surface area (Å²) in [5.41, 5.74) is 4.78. The number of allylic oxidation sites excluding steroid dienone is 3. The molecule has 3 aromatic rings. The molecule has 0 N–H and O–H groups in total. The second-order valence-corrected chi connectivity index (χ2v) is 11.9. The van der Waals surface area contributed by atoms with Crippen LogP contribution >= 0.6 is 0 Å². The Labute approximate surface area is 198 Å². The molecule has 6 rings (SSSR count). The average Bonchev–Trinajstić information content (AvgIpc) is 3.47. The normalized spacial score (nSPS) is 16.4. The Morgan fingerprint density at radius 3 is 2.44 bits per heavy atom. The van der Waals surface area contributed by atoms with E-state index in [0.29, 0.717) is 26.4 Å². The van der Waals surface area contributed by atoms with Crippen LogP contribution in [0.25, 0.3) is 6.08 Å². The maximum absolute atomic E-state index is 9.80. The first kappa shape index (κ1) is 19.5. The number of para-hydroxylation sites is 2. The predicted octanol–water partition coefficient (Wildman–Crippen LogP) is 3.79. The minimum atomic E-state index is 0.0743. The second kappa shape index (κ2) is 8.06. The van der Waals surface area contributed by atoms with Crippen LogP contribution in [0.4, 0.5) is 15.9 Å². The van der Waals surface area contributed by atoms with E-state index in [4.69, 9.17) is 0 Å². The molecule has 0 amide bonds. The van der Waals surface area contributed by atoms with Crippen LogP contribution in [0.1, 0.15) is 10.9 Å². The first-order valence-corrected chi connectivity index (χ1v) is 13.7. The molecule has 0 saturated carbocycles. The second-order valence-electron chi connectivity index (χ2n) is 7.38. The fourth-order valence-electron chi connectivity index (χ4n) is 3.89. The minimum absolute atomic E-state index is 0.0743. The van der Waals surface area contributed by atoms with Gasteiger partial charge in [-0.05, 0) is 0 Å². The molecule has 2 aromatic carbocycles. The Bertz CT molecular complexity index is 1400. The summed E-state index contributed by atoms with van der Waals surface area (Å²) in [6.45, 7) is 0. The van der Waals surface area contributed by atoms with Gasteiger partial charge >= 0.3 is 199 Å². The van der Waals surface area contributed by atoms with Gasteiger partial charge < -0.3 is 0 Å². The van der Waals surface area contributed by atoms with E-state index >= 15 is 0 Å². The summed E-state index contributed by atoms with van der Waals surface area (Å²) in [6.07, 6.45) is 8.90. The van der Waals surface area contributed by atoms with Crippen LogP contribution in [0, 0.1) is 11.3 Å². The zero-order valence-corrected chi connectivity index (χ0v) is 20.3. The topological polar surface area (TPSA) is 51.8 Å². The summed E-state index contributed by atoms with van der Waals surface area (Å²) >= 11 is 0.380. The van der Waals surface area contributed by atoms with Crippen LogP contribution in [0.5, 0.6) is 0 Å². The van der Waals surface area contributed by atoms with E-state index in [1.807, 2.05) is 18.2 Å². The first-order valence-electron chi connectivity index (χ1n) is 10.2. The van der Waals surface area contributed by atoms with Gasteiger partial charge in [0.15, 0.2) is 0 Å². The third-order valence-corrected chi connectivity index (χ3v) is 9.86. The van der Waals surface area contributed by atoms with Crippen LogP contribution in [0.2, 0.25) is 0 Å². The molecule has 0 atom stereocenters. The van der Waals surface area contributed by atoms with Crippen molar-refractivity contribution in [1.29, 1.82) is 5.26 Å². The van der Waals surface area contributed by atoms with E-state index in [9.17, 15) is 5.26 Å². The van der Waals surface area contributed by atoms with E-state index in [0.717, 1.165) is 22.3 Å². The van der Waals surface area contributed by atoms with E-state index in [1.54, 1.807) is 0 Å². The quantitative estimate of drug-likeness (QED) is 0.293. The number of anilines is 3. The fourth-order valence-corrected chi connectivity index (χ4v) is 8.16.